The van der Waals surface area contributed by atoms with Gasteiger partial charge in [0.15, 0.2) is 5.82 Å². The molecule has 1 aliphatic heterocycles. The van der Waals surface area contributed by atoms with Gasteiger partial charge in [-0.2, -0.15) is 0 Å². The maximum atomic E-state index is 12.6. The molecule has 0 saturated carbocycles. The number of methoxy groups -OCH3 is 2. The first kappa shape index (κ1) is 18.0. The lowest BCUT2D eigenvalue weighted by Crippen LogP contribution is -2.43. The molecule has 138 valence electrons. The number of hydrogen-bond acceptors (Lipinski definition) is 6. The van der Waals surface area contributed by atoms with Gasteiger partial charge in [-0.3, -0.25) is 4.79 Å². The fourth-order valence-electron chi connectivity index (χ4n) is 3.17. The number of anilines is 1. The van der Waals surface area contributed by atoms with Crippen LogP contribution in [0.25, 0.3) is 0 Å². The molecule has 26 heavy (non-hydrogen) atoms. The van der Waals surface area contributed by atoms with E-state index in [-0.39, 0.29) is 11.8 Å². The largest absolute Gasteiger partial charge is 0.496 e. The van der Waals surface area contributed by atoms with Gasteiger partial charge >= 0.3 is 0 Å². The average Bonchev–Trinajstić information content (AvgIpc) is 2.72. The number of carbonyl (C=O) groups excluding carboxylic acids is 1. The second kappa shape index (κ2) is 8.51. The number of para-hydroxylation sites is 1. The standard InChI is InChI=1S/C19H24N4O3/c1-25-16-8-4-3-6-14(16)12-20-19(24)15-7-5-11-23(13-15)17-9-10-18(26-2)22-21-17/h3-4,6,8-10,15H,5,7,11-13H2,1-2H3,(H,20,24). The lowest BCUT2D eigenvalue weighted by atomic mass is 9.97. The summed E-state index contributed by atoms with van der Waals surface area (Å²) in [4.78, 5) is 14.7. The zero-order valence-electron chi connectivity index (χ0n) is 15.1. The molecule has 1 N–H and O–H groups in total. The highest BCUT2D eigenvalue weighted by Gasteiger charge is 2.26. The molecule has 1 amide bonds. The highest BCUT2D eigenvalue weighted by atomic mass is 16.5. The van der Waals surface area contributed by atoms with Crippen LogP contribution in [0.2, 0.25) is 0 Å². The Morgan fingerprint density at radius 2 is 2.04 bits per heavy atom. The lowest BCUT2D eigenvalue weighted by Gasteiger charge is -2.32. The van der Waals surface area contributed by atoms with Gasteiger partial charge in [-0.1, -0.05) is 18.2 Å². The molecule has 1 fully saturated rings. The molecule has 1 unspecified atom stereocenters. The first-order chi connectivity index (χ1) is 12.7. The molecule has 2 heterocycles. The molecule has 1 aromatic heterocycles. The molecule has 0 radical (unpaired) electrons. The number of nitrogens with zero attached hydrogens (tertiary/aromatic N) is 3. The van der Waals surface area contributed by atoms with Gasteiger partial charge in [-0.25, -0.2) is 0 Å². The third-order valence-electron chi connectivity index (χ3n) is 4.60. The minimum atomic E-state index is -0.0673. The third kappa shape index (κ3) is 4.22. The Labute approximate surface area is 153 Å². The fraction of sp³-hybridized carbons (Fsp3) is 0.421. The topological polar surface area (TPSA) is 76.6 Å². The lowest BCUT2D eigenvalue weighted by molar-refractivity contribution is -0.125. The van der Waals surface area contributed by atoms with Crippen molar-refractivity contribution in [2.75, 3.05) is 32.2 Å². The highest BCUT2D eigenvalue weighted by molar-refractivity contribution is 5.79. The smallest absolute Gasteiger partial charge is 0.233 e. The van der Waals surface area contributed by atoms with Crippen molar-refractivity contribution in [1.82, 2.24) is 15.5 Å². The summed E-state index contributed by atoms with van der Waals surface area (Å²) in [5.41, 5.74) is 0.969. The van der Waals surface area contributed by atoms with Gasteiger partial charge in [0, 0.05) is 31.3 Å². The second-order valence-electron chi connectivity index (χ2n) is 6.25. The molecular weight excluding hydrogens is 332 g/mol. The Kier molecular flexibility index (Phi) is 5.88. The summed E-state index contributed by atoms with van der Waals surface area (Å²) in [6, 6.07) is 11.4. The number of benzene rings is 1. The van der Waals surface area contributed by atoms with Crippen LogP contribution in [0.3, 0.4) is 0 Å². The zero-order chi connectivity index (χ0) is 18.4. The van der Waals surface area contributed by atoms with E-state index >= 15 is 0 Å². The van der Waals surface area contributed by atoms with Gasteiger partial charge in [0.2, 0.25) is 11.8 Å². The molecule has 1 atom stereocenters. The van der Waals surface area contributed by atoms with E-state index in [1.807, 2.05) is 30.3 Å². The molecular formula is C19H24N4O3. The second-order valence-corrected chi connectivity index (χ2v) is 6.25. The number of amides is 1. The molecule has 7 heteroatoms. The van der Waals surface area contributed by atoms with Crippen LogP contribution < -0.4 is 19.7 Å². The van der Waals surface area contributed by atoms with E-state index in [4.69, 9.17) is 9.47 Å². The predicted molar refractivity (Wildman–Crippen MR) is 98.4 cm³/mol. The summed E-state index contributed by atoms with van der Waals surface area (Å²) in [6.45, 7) is 1.97. The number of aromatic nitrogens is 2. The van der Waals surface area contributed by atoms with Crippen molar-refractivity contribution in [3.05, 3.63) is 42.0 Å². The number of carbonyl (C=O) groups is 1. The van der Waals surface area contributed by atoms with Crippen molar-refractivity contribution in [3.63, 3.8) is 0 Å². The van der Waals surface area contributed by atoms with E-state index in [1.165, 1.54) is 0 Å². The number of ether oxygens (including phenoxy) is 2. The van der Waals surface area contributed by atoms with E-state index in [1.54, 1.807) is 20.3 Å². The molecule has 0 bridgehead atoms. The quantitative estimate of drug-likeness (QED) is 0.853. The fourth-order valence-corrected chi connectivity index (χ4v) is 3.17. The van der Waals surface area contributed by atoms with E-state index in [9.17, 15) is 4.79 Å². The van der Waals surface area contributed by atoms with Gasteiger partial charge < -0.3 is 19.7 Å². The van der Waals surface area contributed by atoms with Crippen LogP contribution in [0.15, 0.2) is 36.4 Å². The Bertz CT molecular complexity index is 736. The first-order valence-electron chi connectivity index (χ1n) is 8.73. The minimum absolute atomic E-state index is 0.0575. The maximum Gasteiger partial charge on any atom is 0.233 e. The summed E-state index contributed by atoms with van der Waals surface area (Å²) in [5.74, 6) is 2.03. The first-order valence-corrected chi connectivity index (χ1v) is 8.73. The summed E-state index contributed by atoms with van der Waals surface area (Å²) in [5, 5.41) is 11.2. The summed E-state index contributed by atoms with van der Waals surface area (Å²) < 4.78 is 10.4. The molecule has 2 aromatic rings. The molecule has 1 aromatic carbocycles. The van der Waals surface area contributed by atoms with Crippen molar-refractivity contribution in [2.45, 2.75) is 19.4 Å². The van der Waals surface area contributed by atoms with Crippen molar-refractivity contribution in [3.8, 4) is 11.6 Å². The SMILES string of the molecule is COc1ccc(N2CCCC(C(=O)NCc3ccccc3OC)C2)nn1. The molecule has 1 saturated heterocycles. The van der Waals surface area contributed by atoms with Crippen molar-refractivity contribution >= 4 is 11.7 Å². The Hall–Kier alpha value is -2.83. The highest BCUT2D eigenvalue weighted by Crippen LogP contribution is 2.23. The summed E-state index contributed by atoms with van der Waals surface area (Å²) in [6.07, 6.45) is 1.82. The Morgan fingerprint density at radius 1 is 1.19 bits per heavy atom. The van der Waals surface area contributed by atoms with Crippen LogP contribution in [0.5, 0.6) is 11.6 Å². The average molecular weight is 356 g/mol. The predicted octanol–water partition coefficient (Wildman–Crippen LogP) is 2.03. The molecule has 0 spiro atoms. The Balaban J connectivity index is 1.58. The molecule has 1 aliphatic rings. The zero-order valence-corrected chi connectivity index (χ0v) is 15.1. The van der Waals surface area contributed by atoms with Gasteiger partial charge in [0.25, 0.3) is 0 Å². The van der Waals surface area contributed by atoms with E-state index in [2.05, 4.69) is 20.4 Å². The van der Waals surface area contributed by atoms with Gasteiger partial charge in [-0.15, -0.1) is 10.2 Å². The minimum Gasteiger partial charge on any atom is -0.496 e. The van der Waals surface area contributed by atoms with Gasteiger partial charge in [0.05, 0.1) is 20.1 Å². The normalized spacial score (nSPS) is 16.8. The molecule has 3 rings (SSSR count). The number of rotatable bonds is 6. The van der Waals surface area contributed by atoms with Crippen LogP contribution in [-0.2, 0) is 11.3 Å². The maximum absolute atomic E-state index is 12.6. The molecule has 7 nitrogen and oxygen atoms in total. The van der Waals surface area contributed by atoms with E-state index < -0.39 is 0 Å². The summed E-state index contributed by atoms with van der Waals surface area (Å²) in [7, 11) is 3.20. The van der Waals surface area contributed by atoms with Crippen molar-refractivity contribution < 1.29 is 14.3 Å². The third-order valence-corrected chi connectivity index (χ3v) is 4.60. The number of piperidine rings is 1. The molecule has 0 aliphatic carbocycles. The summed E-state index contributed by atoms with van der Waals surface area (Å²) >= 11 is 0. The van der Waals surface area contributed by atoms with Crippen LogP contribution in [0, 0.1) is 5.92 Å². The van der Waals surface area contributed by atoms with Crippen LogP contribution in [-0.4, -0.2) is 43.4 Å². The van der Waals surface area contributed by atoms with E-state index in [0.29, 0.717) is 19.0 Å². The van der Waals surface area contributed by atoms with E-state index in [0.717, 1.165) is 36.5 Å². The van der Waals surface area contributed by atoms with Crippen LogP contribution in [0.1, 0.15) is 18.4 Å². The van der Waals surface area contributed by atoms with Crippen molar-refractivity contribution in [2.24, 2.45) is 5.92 Å². The van der Waals surface area contributed by atoms with Crippen LogP contribution >= 0.6 is 0 Å². The Morgan fingerprint density at radius 3 is 2.77 bits per heavy atom. The number of nitrogens with one attached hydrogen (secondary N) is 1. The van der Waals surface area contributed by atoms with Gasteiger partial charge in [0.1, 0.15) is 5.75 Å². The van der Waals surface area contributed by atoms with Gasteiger partial charge in [-0.05, 0) is 25.0 Å². The monoisotopic (exact) mass is 356 g/mol. The number of hydrogen-bond donors (Lipinski definition) is 1. The van der Waals surface area contributed by atoms with Crippen LogP contribution in [0.4, 0.5) is 5.82 Å². The van der Waals surface area contributed by atoms with Crippen molar-refractivity contribution in [1.29, 1.82) is 0 Å².